The summed E-state index contributed by atoms with van der Waals surface area (Å²) in [6.45, 7) is 2.81. The highest BCUT2D eigenvalue weighted by Crippen LogP contribution is 2.33. The zero-order valence-corrected chi connectivity index (χ0v) is 15.3. The molecule has 4 rings (SSSR count). The number of anilines is 2. The maximum Gasteiger partial charge on any atom is 0.291 e. The summed E-state index contributed by atoms with van der Waals surface area (Å²) in [5.74, 6) is 0.535. The molecular formula is C21H21N3O3. The van der Waals surface area contributed by atoms with E-state index in [0.29, 0.717) is 29.8 Å². The van der Waals surface area contributed by atoms with E-state index in [1.54, 1.807) is 31.8 Å². The minimum Gasteiger partial charge on any atom is -0.494 e. The van der Waals surface area contributed by atoms with Crippen LogP contribution < -0.4 is 15.0 Å². The number of amides is 1. The lowest BCUT2D eigenvalue weighted by atomic mass is 10.1. The van der Waals surface area contributed by atoms with Crippen molar-refractivity contribution in [1.29, 1.82) is 0 Å². The average Bonchev–Trinajstić information content (AvgIpc) is 3.27. The number of methoxy groups -OCH3 is 1. The minimum absolute atomic E-state index is 0.303. The van der Waals surface area contributed by atoms with Crippen LogP contribution in [0.5, 0.6) is 5.75 Å². The molecule has 2 aromatic heterocycles. The maximum absolute atomic E-state index is 12.8. The zero-order valence-electron chi connectivity index (χ0n) is 15.3. The number of pyridine rings is 1. The third kappa shape index (κ3) is 3.26. The quantitative estimate of drug-likeness (QED) is 0.745. The first-order chi connectivity index (χ1) is 13.2. The molecule has 0 saturated carbocycles. The molecule has 0 spiro atoms. The molecule has 6 heteroatoms. The molecule has 1 N–H and O–H groups in total. The molecule has 1 atom stereocenters. The summed E-state index contributed by atoms with van der Waals surface area (Å²) in [6, 6.07) is 12.3. The van der Waals surface area contributed by atoms with E-state index in [0.717, 1.165) is 12.0 Å². The second-order valence-electron chi connectivity index (χ2n) is 6.61. The van der Waals surface area contributed by atoms with Gasteiger partial charge in [-0.25, -0.2) is 0 Å². The summed E-state index contributed by atoms with van der Waals surface area (Å²) in [4.78, 5) is 19.1. The van der Waals surface area contributed by atoms with Crippen molar-refractivity contribution in [3.63, 3.8) is 0 Å². The van der Waals surface area contributed by atoms with Crippen molar-refractivity contribution < 1.29 is 13.9 Å². The number of rotatable bonds is 5. The van der Waals surface area contributed by atoms with E-state index in [9.17, 15) is 4.79 Å². The van der Waals surface area contributed by atoms with Crippen molar-refractivity contribution in [3.8, 4) is 5.75 Å². The van der Waals surface area contributed by atoms with Crippen LogP contribution in [0, 0.1) is 0 Å². The molecule has 0 saturated heterocycles. The van der Waals surface area contributed by atoms with E-state index < -0.39 is 0 Å². The first-order valence-corrected chi connectivity index (χ1v) is 8.87. The first kappa shape index (κ1) is 17.1. The number of nitrogens with zero attached hydrogens (tertiary/aromatic N) is 2. The van der Waals surface area contributed by atoms with Crippen molar-refractivity contribution in [3.05, 3.63) is 71.9 Å². The smallest absolute Gasteiger partial charge is 0.291 e. The third-order valence-corrected chi connectivity index (χ3v) is 4.89. The van der Waals surface area contributed by atoms with E-state index >= 15 is 0 Å². The normalized spacial score (nSPS) is 15.5. The number of ether oxygens (including phenoxy) is 1. The predicted molar refractivity (Wildman–Crippen MR) is 103 cm³/mol. The number of hydrogen-bond donors (Lipinski definition) is 1. The summed E-state index contributed by atoms with van der Waals surface area (Å²) in [5, 5.41) is 2.82. The lowest BCUT2D eigenvalue weighted by molar-refractivity contribution is 0.0995. The summed E-state index contributed by atoms with van der Waals surface area (Å²) >= 11 is 0. The number of benzene rings is 1. The van der Waals surface area contributed by atoms with Crippen molar-refractivity contribution in [2.45, 2.75) is 25.9 Å². The number of carbonyl (C=O) groups excluding carboxylic acids is 1. The monoisotopic (exact) mass is 363 g/mol. The topological polar surface area (TPSA) is 67.6 Å². The Morgan fingerprint density at radius 2 is 2.19 bits per heavy atom. The summed E-state index contributed by atoms with van der Waals surface area (Å²) in [5.41, 5.74) is 3.90. The first-order valence-electron chi connectivity index (χ1n) is 8.87. The SMILES string of the molecule is COc1ccncc1NC(=O)c1occc1CN1c2ccccc2CC1C. The molecule has 1 aromatic carbocycles. The van der Waals surface area contributed by atoms with E-state index in [2.05, 4.69) is 40.3 Å². The fourth-order valence-electron chi connectivity index (χ4n) is 3.55. The molecule has 1 aliphatic rings. The molecule has 27 heavy (non-hydrogen) atoms. The number of furan rings is 1. The summed E-state index contributed by atoms with van der Waals surface area (Å²) in [7, 11) is 1.55. The summed E-state index contributed by atoms with van der Waals surface area (Å²) in [6.07, 6.45) is 5.72. The number of nitrogens with one attached hydrogen (secondary N) is 1. The molecule has 0 bridgehead atoms. The van der Waals surface area contributed by atoms with Gasteiger partial charge in [0.25, 0.3) is 5.91 Å². The standard InChI is InChI=1S/C21H21N3O3/c1-14-11-15-5-3-4-6-18(15)24(14)13-16-8-10-27-20(16)21(25)23-17-12-22-9-7-19(17)26-2/h3-10,12,14H,11,13H2,1-2H3,(H,23,25). The van der Waals surface area contributed by atoms with Gasteiger partial charge in [-0.1, -0.05) is 18.2 Å². The van der Waals surface area contributed by atoms with Gasteiger partial charge < -0.3 is 19.4 Å². The molecule has 1 unspecified atom stereocenters. The Bertz CT molecular complexity index is 967. The number of carbonyl (C=O) groups is 1. The van der Waals surface area contributed by atoms with E-state index in [4.69, 9.17) is 9.15 Å². The third-order valence-electron chi connectivity index (χ3n) is 4.89. The molecule has 0 aliphatic carbocycles. The minimum atomic E-state index is -0.318. The van der Waals surface area contributed by atoms with Crippen LogP contribution >= 0.6 is 0 Å². The molecule has 3 heterocycles. The molecule has 138 valence electrons. The van der Waals surface area contributed by atoms with Crippen molar-refractivity contribution in [1.82, 2.24) is 4.98 Å². The average molecular weight is 363 g/mol. The zero-order chi connectivity index (χ0) is 18.8. The van der Waals surface area contributed by atoms with Crippen LogP contribution in [0.15, 0.2) is 59.5 Å². The number of aromatic nitrogens is 1. The van der Waals surface area contributed by atoms with Crippen LogP contribution in [0.3, 0.4) is 0 Å². The Balaban J connectivity index is 1.56. The Morgan fingerprint density at radius 1 is 1.33 bits per heavy atom. The van der Waals surface area contributed by atoms with Crippen LogP contribution in [-0.2, 0) is 13.0 Å². The lowest BCUT2D eigenvalue weighted by Crippen LogP contribution is -2.29. The largest absolute Gasteiger partial charge is 0.494 e. The molecule has 0 fully saturated rings. The number of hydrogen-bond acceptors (Lipinski definition) is 5. The Labute approximate surface area is 157 Å². The molecule has 0 radical (unpaired) electrons. The van der Waals surface area contributed by atoms with Crippen molar-refractivity contribution in [2.24, 2.45) is 0 Å². The van der Waals surface area contributed by atoms with E-state index in [-0.39, 0.29) is 5.91 Å². The lowest BCUT2D eigenvalue weighted by Gasteiger charge is -2.24. The van der Waals surface area contributed by atoms with Gasteiger partial charge in [-0.2, -0.15) is 0 Å². The number of para-hydroxylation sites is 1. The van der Waals surface area contributed by atoms with Crippen LogP contribution in [0.25, 0.3) is 0 Å². The van der Waals surface area contributed by atoms with E-state index in [1.165, 1.54) is 11.3 Å². The van der Waals surface area contributed by atoms with Gasteiger partial charge in [-0.3, -0.25) is 9.78 Å². The molecule has 1 amide bonds. The van der Waals surface area contributed by atoms with Crippen LogP contribution in [0.2, 0.25) is 0 Å². The summed E-state index contributed by atoms with van der Waals surface area (Å²) < 4.78 is 10.8. The highest BCUT2D eigenvalue weighted by Gasteiger charge is 2.27. The van der Waals surface area contributed by atoms with Gasteiger partial charge in [0, 0.05) is 36.1 Å². The van der Waals surface area contributed by atoms with Gasteiger partial charge in [0.15, 0.2) is 5.76 Å². The fraction of sp³-hybridized carbons (Fsp3) is 0.238. The predicted octanol–water partition coefficient (Wildman–Crippen LogP) is 3.89. The van der Waals surface area contributed by atoms with Crippen molar-refractivity contribution in [2.75, 3.05) is 17.3 Å². The number of fused-ring (bicyclic) bond motifs is 1. The Morgan fingerprint density at radius 3 is 3.04 bits per heavy atom. The highest BCUT2D eigenvalue weighted by molar-refractivity contribution is 6.04. The van der Waals surface area contributed by atoms with E-state index in [1.807, 2.05) is 12.1 Å². The molecule has 1 aliphatic heterocycles. The fourth-order valence-corrected chi connectivity index (χ4v) is 3.55. The van der Waals surface area contributed by atoms with Crippen LogP contribution in [0.4, 0.5) is 11.4 Å². The second-order valence-corrected chi connectivity index (χ2v) is 6.61. The Hall–Kier alpha value is -3.28. The molecule has 6 nitrogen and oxygen atoms in total. The van der Waals surface area contributed by atoms with Gasteiger partial charge in [-0.05, 0) is 31.0 Å². The molecular weight excluding hydrogens is 342 g/mol. The van der Waals surface area contributed by atoms with Crippen LogP contribution in [0.1, 0.15) is 28.6 Å². The van der Waals surface area contributed by atoms with Gasteiger partial charge >= 0.3 is 0 Å². The highest BCUT2D eigenvalue weighted by atomic mass is 16.5. The van der Waals surface area contributed by atoms with Crippen LogP contribution in [-0.4, -0.2) is 24.0 Å². The molecule has 3 aromatic rings. The Kier molecular flexibility index (Phi) is 4.54. The second kappa shape index (κ2) is 7.15. The van der Waals surface area contributed by atoms with Gasteiger partial charge in [0.05, 0.1) is 19.6 Å². The van der Waals surface area contributed by atoms with Crippen molar-refractivity contribution >= 4 is 17.3 Å². The maximum atomic E-state index is 12.8. The van der Waals surface area contributed by atoms with Gasteiger partial charge in [-0.15, -0.1) is 0 Å². The van der Waals surface area contributed by atoms with Gasteiger partial charge in [0.1, 0.15) is 11.4 Å². The van der Waals surface area contributed by atoms with Gasteiger partial charge in [0.2, 0.25) is 0 Å².